The molecule has 0 atom stereocenters. The van der Waals surface area contributed by atoms with Crippen LogP contribution in [0, 0.1) is 0 Å². The molecule has 0 spiro atoms. The minimum absolute atomic E-state index is 0.465. The molecule has 0 radical (unpaired) electrons. The zero-order valence-corrected chi connectivity index (χ0v) is 7.29. The molecule has 4 nitrogen and oxygen atoms in total. The van der Waals surface area contributed by atoms with Crippen LogP contribution in [0.3, 0.4) is 0 Å². The van der Waals surface area contributed by atoms with Crippen LogP contribution in [0.2, 0.25) is 0 Å². The number of amides is 2. The summed E-state index contributed by atoms with van der Waals surface area (Å²) in [5.74, 6) is -3.43. The van der Waals surface area contributed by atoms with Crippen LogP contribution in [0.4, 0.5) is 4.79 Å². The van der Waals surface area contributed by atoms with Gasteiger partial charge in [-0.2, -0.15) is 0 Å². The van der Waals surface area contributed by atoms with Crippen molar-refractivity contribution in [1.29, 1.82) is 0 Å². The first-order chi connectivity index (χ1) is 4.49. The molecule has 0 bridgehead atoms. The van der Waals surface area contributed by atoms with Gasteiger partial charge in [-0.1, -0.05) is 0 Å². The Labute approximate surface area is 67.5 Å². The molecule has 1 saturated heterocycles. The lowest BCUT2D eigenvalue weighted by atomic mass is 11.0. The van der Waals surface area contributed by atoms with Crippen molar-refractivity contribution in [3.63, 3.8) is 0 Å². The Morgan fingerprint density at radius 2 is 2.00 bits per heavy atom. The van der Waals surface area contributed by atoms with Crippen LogP contribution < -0.4 is 5.09 Å². The van der Waals surface area contributed by atoms with E-state index in [0.717, 1.165) is 0 Å². The van der Waals surface area contributed by atoms with Crippen LogP contribution >= 0.6 is 28.5 Å². The largest absolute Gasteiger partial charge is 0.346 e. The molecule has 1 N–H and O–H groups in total. The summed E-state index contributed by atoms with van der Waals surface area (Å²) >= 11 is 10.1. The van der Waals surface area contributed by atoms with E-state index in [9.17, 15) is 9.36 Å². The van der Waals surface area contributed by atoms with Crippen molar-refractivity contribution in [3.8, 4) is 0 Å². The van der Waals surface area contributed by atoms with E-state index >= 15 is 0 Å². The second-order valence-corrected chi connectivity index (χ2v) is 6.39. The summed E-state index contributed by atoms with van der Waals surface area (Å²) in [5.41, 5.74) is 0. The molecular weight excluding hydrogens is 198 g/mol. The molecule has 0 aromatic rings. The summed E-state index contributed by atoms with van der Waals surface area (Å²) in [7, 11) is 0. The second kappa shape index (κ2) is 2.61. The van der Waals surface area contributed by atoms with Gasteiger partial charge in [-0.3, -0.25) is 9.65 Å². The lowest BCUT2D eigenvalue weighted by molar-refractivity contribution is 0.235. The number of carbonyl (C=O) groups excluding carboxylic acids is 1. The molecule has 2 amide bonds. The lowest BCUT2D eigenvalue weighted by Gasteiger charge is -2.04. The molecule has 1 rings (SSSR count). The summed E-state index contributed by atoms with van der Waals surface area (Å²) in [4.78, 5) is 12.1. The normalized spacial score (nSPS) is 16.8. The third-order valence-electron chi connectivity index (χ3n) is 0.960. The third kappa shape index (κ3) is 2.78. The summed E-state index contributed by atoms with van der Waals surface area (Å²) in [5, 5.41) is 1.95. The highest BCUT2D eigenvalue weighted by Crippen LogP contribution is 2.52. The molecule has 10 heavy (non-hydrogen) atoms. The number of hydrogen-bond acceptors (Lipinski definition) is 2. The first kappa shape index (κ1) is 8.18. The monoisotopic (exact) mass is 202 g/mol. The predicted octanol–water partition coefficient (Wildman–Crippen LogP) is 1.60. The smallest absolute Gasteiger partial charge is 0.321 e. The Hall–Kier alpha value is 0.0800. The van der Waals surface area contributed by atoms with Crippen molar-refractivity contribution in [2.75, 3.05) is 13.1 Å². The van der Waals surface area contributed by atoms with Gasteiger partial charge in [0.25, 0.3) is 0 Å². The highest BCUT2D eigenvalue weighted by Gasteiger charge is 2.28. The minimum Gasteiger partial charge on any atom is -0.321 e. The zero-order chi connectivity index (χ0) is 7.78. The van der Waals surface area contributed by atoms with Crippen LogP contribution in [0.1, 0.15) is 0 Å². The van der Waals surface area contributed by atoms with Crippen molar-refractivity contribution < 1.29 is 9.36 Å². The summed E-state index contributed by atoms with van der Waals surface area (Å²) in [6, 6.07) is -0.465. The van der Waals surface area contributed by atoms with Crippen molar-refractivity contribution in [3.05, 3.63) is 0 Å². The Bertz CT molecular complexity index is 199. The van der Waals surface area contributed by atoms with Crippen LogP contribution in [-0.4, -0.2) is 24.0 Å². The molecule has 7 heteroatoms. The van der Waals surface area contributed by atoms with Gasteiger partial charge in [0.1, 0.15) is 0 Å². The number of halogens is 2. The molecule has 1 aliphatic heterocycles. The van der Waals surface area contributed by atoms with E-state index in [1.165, 1.54) is 4.90 Å². The fourth-order valence-electron chi connectivity index (χ4n) is 0.435. The second-order valence-electron chi connectivity index (χ2n) is 1.87. The standard InChI is InChI=1S/C3H5Cl2N2O2P/c4-10(5,9)6-3(8)7-1-2-7/h1-2H2,(H,6,8,9). The molecule has 0 unspecified atom stereocenters. The van der Waals surface area contributed by atoms with Crippen LogP contribution in [-0.2, 0) is 4.57 Å². The first-order valence-electron chi connectivity index (χ1n) is 2.55. The van der Waals surface area contributed by atoms with Crippen molar-refractivity contribution >= 4 is 34.5 Å². The van der Waals surface area contributed by atoms with Gasteiger partial charge >= 0.3 is 12.0 Å². The van der Waals surface area contributed by atoms with Crippen molar-refractivity contribution in [1.82, 2.24) is 9.99 Å². The summed E-state index contributed by atoms with van der Waals surface area (Å²) in [6.07, 6.45) is 0. The number of carbonyl (C=O) groups is 1. The van der Waals surface area contributed by atoms with E-state index in [1.807, 2.05) is 5.09 Å². The van der Waals surface area contributed by atoms with Crippen LogP contribution in [0.5, 0.6) is 0 Å². The maximum atomic E-state index is 10.7. The topological polar surface area (TPSA) is 49.2 Å². The van der Waals surface area contributed by atoms with Crippen LogP contribution in [0.25, 0.3) is 0 Å². The number of rotatable bonds is 1. The molecule has 0 saturated carbocycles. The van der Waals surface area contributed by atoms with Gasteiger partial charge in [0.15, 0.2) is 0 Å². The van der Waals surface area contributed by atoms with Gasteiger partial charge in [-0.05, 0) is 22.5 Å². The van der Waals surface area contributed by atoms with E-state index in [-0.39, 0.29) is 0 Å². The molecule has 0 aliphatic carbocycles. The molecule has 1 fully saturated rings. The van der Waals surface area contributed by atoms with Gasteiger partial charge < -0.3 is 4.90 Å². The zero-order valence-electron chi connectivity index (χ0n) is 4.88. The van der Waals surface area contributed by atoms with Crippen molar-refractivity contribution in [2.45, 2.75) is 0 Å². The van der Waals surface area contributed by atoms with E-state index in [2.05, 4.69) is 0 Å². The number of urea groups is 1. The predicted molar refractivity (Wildman–Crippen MR) is 39.4 cm³/mol. The van der Waals surface area contributed by atoms with Gasteiger partial charge in [-0.25, -0.2) is 4.79 Å². The molecule has 58 valence electrons. The summed E-state index contributed by atoms with van der Waals surface area (Å²) < 4.78 is 10.5. The minimum atomic E-state index is -3.43. The van der Waals surface area contributed by atoms with Crippen molar-refractivity contribution in [2.24, 2.45) is 0 Å². The lowest BCUT2D eigenvalue weighted by Crippen LogP contribution is -2.22. The molecule has 0 aromatic heterocycles. The maximum Gasteiger partial charge on any atom is 0.346 e. The third-order valence-corrected chi connectivity index (χ3v) is 1.92. The van der Waals surface area contributed by atoms with E-state index in [1.54, 1.807) is 0 Å². The Morgan fingerprint density at radius 1 is 1.50 bits per heavy atom. The first-order valence-corrected chi connectivity index (χ1v) is 6.07. The number of hydrogen-bond donors (Lipinski definition) is 1. The average Bonchev–Trinajstić information content (AvgIpc) is 2.35. The fourth-order valence-corrected chi connectivity index (χ4v) is 1.23. The molecule has 0 aromatic carbocycles. The Balaban J connectivity index is 2.37. The maximum absolute atomic E-state index is 10.7. The van der Waals surface area contributed by atoms with E-state index in [0.29, 0.717) is 13.1 Å². The number of nitrogens with one attached hydrogen (secondary N) is 1. The van der Waals surface area contributed by atoms with Crippen LogP contribution in [0.15, 0.2) is 0 Å². The molecular formula is C3H5Cl2N2O2P. The van der Waals surface area contributed by atoms with E-state index < -0.39 is 12.0 Å². The SMILES string of the molecule is O=C(NP(=O)(Cl)Cl)N1CC1. The fraction of sp³-hybridized carbons (Fsp3) is 0.667. The Kier molecular flexibility index (Phi) is 2.13. The molecule has 1 heterocycles. The van der Waals surface area contributed by atoms with Gasteiger partial charge in [-0.15, -0.1) is 0 Å². The van der Waals surface area contributed by atoms with E-state index in [4.69, 9.17) is 22.5 Å². The highest BCUT2D eigenvalue weighted by molar-refractivity contribution is 8.07. The van der Waals surface area contributed by atoms with Gasteiger partial charge in [0, 0.05) is 13.1 Å². The Morgan fingerprint density at radius 3 is 2.30 bits per heavy atom. The average molecular weight is 203 g/mol. The number of nitrogens with zero attached hydrogens (tertiary/aromatic N) is 1. The van der Waals surface area contributed by atoms with Gasteiger partial charge in [0.05, 0.1) is 0 Å². The molecule has 1 aliphatic rings. The highest BCUT2D eigenvalue weighted by atomic mass is 35.9. The quantitative estimate of drug-likeness (QED) is 0.519. The summed E-state index contributed by atoms with van der Waals surface area (Å²) in [6.45, 7) is 1.36. The van der Waals surface area contributed by atoms with Gasteiger partial charge in [0.2, 0.25) is 0 Å².